The van der Waals surface area contributed by atoms with Crippen LogP contribution in [-0.4, -0.2) is 25.2 Å². The van der Waals surface area contributed by atoms with Gasteiger partial charge >= 0.3 is 0 Å². The van der Waals surface area contributed by atoms with Crippen molar-refractivity contribution in [3.8, 4) is 6.07 Å². The Labute approximate surface area is 127 Å². The molecule has 1 aliphatic heterocycles. The lowest BCUT2D eigenvalue weighted by atomic mass is 9.69. The van der Waals surface area contributed by atoms with Gasteiger partial charge in [0.2, 0.25) is 0 Å². The zero-order chi connectivity index (χ0) is 14.5. The first-order chi connectivity index (χ1) is 10.3. The second-order valence-corrected chi connectivity index (χ2v) is 6.54. The third kappa shape index (κ3) is 3.28. The van der Waals surface area contributed by atoms with Crippen LogP contribution in [0.25, 0.3) is 0 Å². The van der Waals surface area contributed by atoms with Crippen molar-refractivity contribution in [1.82, 2.24) is 10.6 Å². The van der Waals surface area contributed by atoms with Crippen molar-refractivity contribution in [3.05, 3.63) is 35.9 Å². The molecule has 0 aromatic heterocycles. The maximum absolute atomic E-state index is 9.72. The molecule has 1 saturated heterocycles. The summed E-state index contributed by atoms with van der Waals surface area (Å²) in [5.74, 6) is 0. The Morgan fingerprint density at radius 2 is 1.86 bits per heavy atom. The summed E-state index contributed by atoms with van der Waals surface area (Å²) in [6.07, 6.45) is 6.73. The van der Waals surface area contributed by atoms with E-state index in [9.17, 15) is 5.26 Å². The van der Waals surface area contributed by atoms with E-state index < -0.39 is 0 Å². The van der Waals surface area contributed by atoms with Gasteiger partial charge in [-0.25, -0.2) is 0 Å². The summed E-state index contributed by atoms with van der Waals surface area (Å²) in [6.45, 7) is 2.26. The number of hydrogen-bond acceptors (Lipinski definition) is 3. The molecule has 112 valence electrons. The van der Waals surface area contributed by atoms with Crippen LogP contribution in [0.15, 0.2) is 30.3 Å². The van der Waals surface area contributed by atoms with Crippen molar-refractivity contribution in [1.29, 1.82) is 5.26 Å². The summed E-state index contributed by atoms with van der Waals surface area (Å²) < 4.78 is 0. The summed E-state index contributed by atoms with van der Waals surface area (Å²) in [5.41, 5.74) is 0.940. The molecule has 1 aliphatic carbocycles. The summed E-state index contributed by atoms with van der Waals surface area (Å²) in [5, 5.41) is 17.0. The van der Waals surface area contributed by atoms with Crippen molar-refractivity contribution in [2.24, 2.45) is 0 Å². The molecule has 1 aromatic rings. The molecule has 2 fully saturated rings. The zero-order valence-corrected chi connectivity index (χ0v) is 12.6. The highest BCUT2D eigenvalue weighted by atomic mass is 15.0. The molecule has 21 heavy (non-hydrogen) atoms. The lowest BCUT2D eigenvalue weighted by molar-refractivity contribution is 0.259. The monoisotopic (exact) mass is 283 g/mol. The number of nitriles is 1. The number of nitrogens with one attached hydrogen (secondary N) is 2. The van der Waals surface area contributed by atoms with Crippen LogP contribution in [0, 0.1) is 11.3 Å². The maximum atomic E-state index is 9.72. The van der Waals surface area contributed by atoms with Crippen molar-refractivity contribution in [3.63, 3.8) is 0 Å². The van der Waals surface area contributed by atoms with Gasteiger partial charge in [0.25, 0.3) is 0 Å². The summed E-state index contributed by atoms with van der Waals surface area (Å²) in [4.78, 5) is 0. The first kappa shape index (κ1) is 14.6. The predicted molar refractivity (Wildman–Crippen MR) is 85.0 cm³/mol. The number of benzene rings is 1. The molecule has 0 spiro atoms. The second-order valence-electron chi connectivity index (χ2n) is 6.54. The van der Waals surface area contributed by atoms with E-state index in [0.29, 0.717) is 12.1 Å². The Hall–Kier alpha value is -1.37. The molecule has 2 N–H and O–H groups in total. The second kappa shape index (κ2) is 6.60. The Morgan fingerprint density at radius 3 is 2.48 bits per heavy atom. The van der Waals surface area contributed by atoms with Crippen molar-refractivity contribution < 1.29 is 0 Å². The van der Waals surface area contributed by atoms with E-state index in [1.165, 1.54) is 18.4 Å². The summed E-state index contributed by atoms with van der Waals surface area (Å²) >= 11 is 0. The van der Waals surface area contributed by atoms with Crippen LogP contribution in [0.3, 0.4) is 0 Å². The molecule has 3 rings (SSSR count). The number of rotatable bonds is 3. The Bertz CT molecular complexity index is 477. The highest BCUT2D eigenvalue weighted by Crippen LogP contribution is 2.39. The van der Waals surface area contributed by atoms with Gasteiger partial charge < -0.3 is 10.6 Å². The highest BCUT2D eigenvalue weighted by molar-refractivity contribution is 5.33. The largest absolute Gasteiger partial charge is 0.315 e. The quantitative estimate of drug-likeness (QED) is 0.896. The van der Waals surface area contributed by atoms with Crippen molar-refractivity contribution in [2.45, 2.75) is 56.0 Å². The van der Waals surface area contributed by atoms with Crippen LogP contribution in [0.1, 0.15) is 44.1 Å². The molecule has 1 saturated carbocycles. The van der Waals surface area contributed by atoms with E-state index in [2.05, 4.69) is 28.8 Å². The van der Waals surface area contributed by atoms with Crippen LogP contribution in [0.2, 0.25) is 0 Å². The van der Waals surface area contributed by atoms with Gasteiger partial charge in [-0.1, -0.05) is 30.3 Å². The van der Waals surface area contributed by atoms with Gasteiger partial charge in [0.05, 0.1) is 11.5 Å². The molecule has 0 bridgehead atoms. The number of hydrogen-bond donors (Lipinski definition) is 2. The van der Waals surface area contributed by atoms with Crippen LogP contribution in [0.5, 0.6) is 0 Å². The van der Waals surface area contributed by atoms with Crippen molar-refractivity contribution in [2.75, 3.05) is 13.1 Å². The molecular formula is C18H25N3. The lowest BCUT2D eigenvalue weighted by Gasteiger charge is -2.38. The Morgan fingerprint density at radius 1 is 1.10 bits per heavy atom. The van der Waals surface area contributed by atoms with Gasteiger partial charge in [-0.15, -0.1) is 0 Å². The van der Waals surface area contributed by atoms with Gasteiger partial charge in [-0.3, -0.25) is 0 Å². The lowest BCUT2D eigenvalue weighted by Crippen LogP contribution is -2.49. The van der Waals surface area contributed by atoms with E-state index in [0.717, 1.165) is 38.8 Å². The molecule has 0 radical (unpaired) electrons. The maximum Gasteiger partial charge on any atom is 0.0823 e. The Kier molecular flexibility index (Phi) is 4.57. The molecule has 1 atom stereocenters. The van der Waals surface area contributed by atoms with Gasteiger partial charge in [0.15, 0.2) is 0 Å². The van der Waals surface area contributed by atoms with Gasteiger partial charge in [0.1, 0.15) is 0 Å². The van der Waals surface area contributed by atoms with E-state index in [4.69, 9.17) is 0 Å². The van der Waals surface area contributed by atoms with Crippen LogP contribution < -0.4 is 10.6 Å². The first-order valence-corrected chi connectivity index (χ1v) is 8.26. The molecule has 1 unspecified atom stereocenters. The smallest absolute Gasteiger partial charge is 0.0823 e. The number of piperidine rings is 1. The van der Waals surface area contributed by atoms with Crippen LogP contribution >= 0.6 is 0 Å². The standard InChI is InChI=1S/C18H25N3/c19-14-18(15-5-2-1-3-6-15)10-8-16(9-11-18)21-17-7-4-12-20-13-17/h1-3,5-6,16-17,20-21H,4,7-13H2. The predicted octanol–water partition coefficient (Wildman–Crippen LogP) is 2.73. The molecule has 1 aromatic carbocycles. The topological polar surface area (TPSA) is 47.9 Å². The van der Waals surface area contributed by atoms with E-state index in [1.54, 1.807) is 0 Å². The third-order valence-electron chi connectivity index (χ3n) is 5.15. The molecule has 3 heteroatoms. The minimum absolute atomic E-state index is 0.260. The fourth-order valence-electron chi connectivity index (χ4n) is 3.83. The van der Waals surface area contributed by atoms with Crippen molar-refractivity contribution >= 4 is 0 Å². The molecular weight excluding hydrogens is 258 g/mol. The van der Waals surface area contributed by atoms with E-state index in [1.807, 2.05) is 18.2 Å². The normalized spacial score (nSPS) is 33.3. The minimum atomic E-state index is -0.260. The average Bonchev–Trinajstić information content (AvgIpc) is 2.58. The minimum Gasteiger partial charge on any atom is -0.315 e. The summed E-state index contributed by atoms with van der Waals surface area (Å²) in [6, 6.07) is 14.2. The highest BCUT2D eigenvalue weighted by Gasteiger charge is 2.37. The van der Waals surface area contributed by atoms with Crippen LogP contribution in [-0.2, 0) is 5.41 Å². The SMILES string of the molecule is N#CC1(c2ccccc2)CCC(NC2CCCNC2)CC1. The zero-order valence-electron chi connectivity index (χ0n) is 12.6. The molecule has 1 heterocycles. The van der Waals surface area contributed by atoms with Crippen LogP contribution in [0.4, 0.5) is 0 Å². The van der Waals surface area contributed by atoms with Gasteiger partial charge in [-0.2, -0.15) is 5.26 Å². The molecule has 3 nitrogen and oxygen atoms in total. The third-order valence-corrected chi connectivity index (χ3v) is 5.15. The first-order valence-electron chi connectivity index (χ1n) is 8.26. The summed E-state index contributed by atoms with van der Waals surface area (Å²) in [7, 11) is 0. The van der Waals surface area contributed by atoms with Gasteiger partial charge in [-0.05, 0) is 50.6 Å². The Balaban J connectivity index is 1.59. The van der Waals surface area contributed by atoms with Gasteiger partial charge in [0, 0.05) is 18.6 Å². The fraction of sp³-hybridized carbons (Fsp3) is 0.611. The number of nitrogens with zero attached hydrogens (tertiary/aromatic N) is 1. The molecule has 0 amide bonds. The van der Waals surface area contributed by atoms with E-state index in [-0.39, 0.29) is 5.41 Å². The average molecular weight is 283 g/mol. The fourth-order valence-corrected chi connectivity index (χ4v) is 3.83. The van der Waals surface area contributed by atoms with E-state index >= 15 is 0 Å². The molecule has 2 aliphatic rings.